The Bertz CT molecular complexity index is 364. The van der Waals surface area contributed by atoms with Gasteiger partial charge in [-0.25, -0.2) is 4.79 Å². The number of carbonyl (C=O) groups excluding carboxylic acids is 1. The van der Waals surface area contributed by atoms with Crippen LogP contribution >= 0.6 is 0 Å². The second kappa shape index (κ2) is 5.51. The van der Waals surface area contributed by atoms with Gasteiger partial charge in [-0.3, -0.25) is 4.79 Å². The predicted molar refractivity (Wildman–Crippen MR) is 72.7 cm³/mol. The third-order valence-corrected chi connectivity index (χ3v) is 5.01. The Kier molecular flexibility index (Phi) is 4.16. The summed E-state index contributed by atoms with van der Waals surface area (Å²) in [5.41, 5.74) is 0.215. The first-order chi connectivity index (χ1) is 8.92. The van der Waals surface area contributed by atoms with E-state index in [-0.39, 0.29) is 11.3 Å². The molecule has 0 aromatic rings. The SMILES string of the molecule is CC1(C)CCCCC1CC(=O)N1CCCC1C(=O)O. The van der Waals surface area contributed by atoms with E-state index in [0.717, 1.165) is 12.8 Å². The van der Waals surface area contributed by atoms with Crippen molar-refractivity contribution in [3.05, 3.63) is 0 Å². The van der Waals surface area contributed by atoms with Crippen LogP contribution in [0.3, 0.4) is 0 Å². The molecule has 0 radical (unpaired) electrons. The number of likely N-dealkylation sites (tertiary alicyclic amines) is 1. The molecule has 0 aromatic heterocycles. The topological polar surface area (TPSA) is 57.6 Å². The van der Waals surface area contributed by atoms with Gasteiger partial charge in [0.15, 0.2) is 0 Å². The smallest absolute Gasteiger partial charge is 0.326 e. The van der Waals surface area contributed by atoms with Crippen molar-refractivity contribution in [1.29, 1.82) is 0 Å². The summed E-state index contributed by atoms with van der Waals surface area (Å²) in [7, 11) is 0. The highest BCUT2D eigenvalue weighted by Gasteiger charge is 2.38. The van der Waals surface area contributed by atoms with Crippen LogP contribution in [-0.4, -0.2) is 34.5 Å². The third kappa shape index (κ3) is 3.10. The third-order valence-electron chi connectivity index (χ3n) is 5.01. The Morgan fingerprint density at radius 2 is 1.95 bits per heavy atom. The molecule has 1 aliphatic carbocycles. The number of amides is 1. The Hall–Kier alpha value is -1.06. The zero-order valence-corrected chi connectivity index (χ0v) is 12.0. The molecule has 4 nitrogen and oxygen atoms in total. The van der Waals surface area contributed by atoms with E-state index in [0.29, 0.717) is 25.3 Å². The average Bonchev–Trinajstić information content (AvgIpc) is 2.80. The monoisotopic (exact) mass is 267 g/mol. The maximum absolute atomic E-state index is 12.4. The van der Waals surface area contributed by atoms with Crippen molar-refractivity contribution in [3.8, 4) is 0 Å². The molecule has 0 bridgehead atoms. The normalized spacial score (nSPS) is 30.3. The van der Waals surface area contributed by atoms with Gasteiger partial charge >= 0.3 is 5.97 Å². The van der Waals surface area contributed by atoms with E-state index >= 15 is 0 Å². The molecule has 2 atom stereocenters. The first-order valence-corrected chi connectivity index (χ1v) is 7.44. The van der Waals surface area contributed by atoms with Crippen molar-refractivity contribution < 1.29 is 14.7 Å². The van der Waals surface area contributed by atoms with Crippen LogP contribution in [-0.2, 0) is 9.59 Å². The summed E-state index contributed by atoms with van der Waals surface area (Å²) in [5.74, 6) is -0.401. The lowest BCUT2D eigenvalue weighted by Crippen LogP contribution is -2.42. The van der Waals surface area contributed by atoms with Gasteiger partial charge in [-0.2, -0.15) is 0 Å². The number of carboxylic acid groups (broad SMARTS) is 1. The lowest BCUT2D eigenvalue weighted by Gasteiger charge is -2.39. The standard InChI is InChI=1S/C15H25NO3/c1-15(2)8-4-3-6-11(15)10-13(17)16-9-5-7-12(16)14(18)19/h11-12H,3-10H2,1-2H3,(H,18,19). The van der Waals surface area contributed by atoms with Crippen molar-refractivity contribution >= 4 is 11.9 Å². The minimum absolute atomic E-state index is 0.0462. The maximum atomic E-state index is 12.4. The van der Waals surface area contributed by atoms with Crippen molar-refractivity contribution in [1.82, 2.24) is 4.90 Å². The molecular formula is C15H25NO3. The van der Waals surface area contributed by atoms with Crippen molar-refractivity contribution in [3.63, 3.8) is 0 Å². The molecule has 0 spiro atoms. The molecule has 19 heavy (non-hydrogen) atoms. The fourth-order valence-electron chi connectivity index (χ4n) is 3.59. The highest BCUT2D eigenvalue weighted by atomic mass is 16.4. The molecule has 1 aliphatic heterocycles. The van der Waals surface area contributed by atoms with Gasteiger partial charge in [0, 0.05) is 13.0 Å². The van der Waals surface area contributed by atoms with Crippen LogP contribution in [0.1, 0.15) is 58.8 Å². The van der Waals surface area contributed by atoms with Crippen LogP contribution in [0.5, 0.6) is 0 Å². The Morgan fingerprint density at radius 3 is 2.58 bits per heavy atom. The van der Waals surface area contributed by atoms with Crippen molar-refractivity contribution in [2.45, 2.75) is 64.8 Å². The lowest BCUT2D eigenvalue weighted by molar-refractivity contribution is -0.149. The lowest BCUT2D eigenvalue weighted by atomic mass is 9.67. The number of aliphatic carboxylic acids is 1. The predicted octanol–water partition coefficient (Wildman–Crippen LogP) is 2.67. The van der Waals surface area contributed by atoms with E-state index in [1.54, 1.807) is 4.90 Å². The van der Waals surface area contributed by atoms with Gasteiger partial charge in [0.05, 0.1) is 0 Å². The molecule has 2 unspecified atom stereocenters. The largest absolute Gasteiger partial charge is 0.480 e. The van der Waals surface area contributed by atoms with Gasteiger partial charge < -0.3 is 10.0 Å². The van der Waals surface area contributed by atoms with Crippen molar-refractivity contribution in [2.24, 2.45) is 11.3 Å². The number of hydrogen-bond donors (Lipinski definition) is 1. The molecule has 2 fully saturated rings. The van der Waals surface area contributed by atoms with E-state index < -0.39 is 12.0 Å². The Morgan fingerprint density at radius 1 is 1.21 bits per heavy atom. The van der Waals surface area contributed by atoms with E-state index in [1.165, 1.54) is 19.3 Å². The summed E-state index contributed by atoms with van der Waals surface area (Å²) in [6.45, 7) is 5.09. The van der Waals surface area contributed by atoms with Crippen LogP contribution < -0.4 is 0 Å². The maximum Gasteiger partial charge on any atom is 0.326 e. The summed E-state index contributed by atoms with van der Waals surface area (Å²) >= 11 is 0. The van der Waals surface area contributed by atoms with E-state index in [1.807, 2.05) is 0 Å². The molecule has 2 aliphatic rings. The summed E-state index contributed by atoms with van der Waals surface area (Å²) < 4.78 is 0. The van der Waals surface area contributed by atoms with Gasteiger partial charge in [-0.05, 0) is 37.0 Å². The van der Waals surface area contributed by atoms with Crippen molar-refractivity contribution in [2.75, 3.05) is 6.54 Å². The first-order valence-electron chi connectivity index (χ1n) is 7.44. The zero-order valence-electron chi connectivity index (χ0n) is 12.0. The summed E-state index contributed by atoms with van der Waals surface area (Å²) in [6.07, 6.45) is 6.67. The molecule has 108 valence electrons. The molecule has 0 aromatic carbocycles. The average molecular weight is 267 g/mol. The van der Waals surface area contributed by atoms with Gasteiger partial charge in [0.25, 0.3) is 0 Å². The molecule has 1 N–H and O–H groups in total. The fourth-order valence-corrected chi connectivity index (χ4v) is 3.59. The van der Waals surface area contributed by atoms with E-state index in [2.05, 4.69) is 13.8 Å². The second-order valence-electron chi connectivity index (χ2n) is 6.72. The molecule has 1 amide bonds. The van der Waals surface area contributed by atoms with Crippen LogP contribution in [0.2, 0.25) is 0 Å². The second-order valence-corrected chi connectivity index (χ2v) is 6.72. The number of nitrogens with zero attached hydrogens (tertiary/aromatic N) is 1. The first kappa shape index (κ1) is 14.4. The van der Waals surface area contributed by atoms with Crippen LogP contribution in [0.4, 0.5) is 0 Å². The number of rotatable bonds is 3. The summed E-state index contributed by atoms with van der Waals surface area (Å²) in [4.78, 5) is 25.1. The Labute approximate surface area is 115 Å². The van der Waals surface area contributed by atoms with E-state index in [4.69, 9.17) is 5.11 Å². The molecule has 1 heterocycles. The van der Waals surface area contributed by atoms with Crippen LogP contribution in [0, 0.1) is 11.3 Å². The van der Waals surface area contributed by atoms with Gasteiger partial charge in [0.2, 0.25) is 5.91 Å². The number of carboxylic acids is 1. The highest BCUT2D eigenvalue weighted by Crippen LogP contribution is 2.42. The summed E-state index contributed by atoms with van der Waals surface area (Å²) in [6, 6.07) is -0.584. The minimum atomic E-state index is -0.853. The highest BCUT2D eigenvalue weighted by molar-refractivity contribution is 5.84. The van der Waals surface area contributed by atoms with Gasteiger partial charge in [0.1, 0.15) is 6.04 Å². The fraction of sp³-hybridized carbons (Fsp3) is 0.867. The van der Waals surface area contributed by atoms with Gasteiger partial charge in [-0.1, -0.05) is 26.7 Å². The quantitative estimate of drug-likeness (QED) is 0.855. The molecule has 2 rings (SSSR count). The Balaban J connectivity index is 1.98. The summed E-state index contributed by atoms with van der Waals surface area (Å²) in [5, 5.41) is 9.15. The van der Waals surface area contributed by atoms with Gasteiger partial charge in [-0.15, -0.1) is 0 Å². The molecular weight excluding hydrogens is 242 g/mol. The number of hydrogen-bond acceptors (Lipinski definition) is 2. The minimum Gasteiger partial charge on any atom is -0.480 e. The molecule has 1 saturated carbocycles. The van der Waals surface area contributed by atoms with Crippen LogP contribution in [0.25, 0.3) is 0 Å². The van der Waals surface area contributed by atoms with Crippen LogP contribution in [0.15, 0.2) is 0 Å². The number of carbonyl (C=O) groups is 2. The molecule has 1 saturated heterocycles. The zero-order chi connectivity index (χ0) is 14.0. The van der Waals surface area contributed by atoms with E-state index in [9.17, 15) is 9.59 Å². The molecule has 4 heteroatoms.